The predicted octanol–water partition coefficient (Wildman–Crippen LogP) is 1.61. The van der Waals surface area contributed by atoms with E-state index in [0.29, 0.717) is 0 Å². The monoisotopic (exact) mass is 277 g/mol. The molecule has 0 amide bonds. The van der Waals surface area contributed by atoms with Gasteiger partial charge in [-0.3, -0.25) is 0 Å². The van der Waals surface area contributed by atoms with Gasteiger partial charge in [0.15, 0.2) is 0 Å². The van der Waals surface area contributed by atoms with Crippen molar-refractivity contribution < 1.29 is 0 Å². The van der Waals surface area contributed by atoms with Crippen molar-refractivity contribution in [3.05, 3.63) is 11.9 Å². The minimum absolute atomic E-state index is 0.0153. The molecule has 1 atom stereocenters. The van der Waals surface area contributed by atoms with Gasteiger partial charge in [0.2, 0.25) is 0 Å². The number of nitrogens with one attached hydrogen (secondary N) is 1. The van der Waals surface area contributed by atoms with Crippen LogP contribution in [0.25, 0.3) is 0 Å². The van der Waals surface area contributed by atoms with Gasteiger partial charge >= 0.3 is 0 Å². The first kappa shape index (κ1) is 14.0. The highest BCUT2D eigenvalue weighted by Crippen LogP contribution is 2.31. The van der Waals surface area contributed by atoms with Gasteiger partial charge in [-0.1, -0.05) is 5.21 Å². The molecule has 1 saturated carbocycles. The van der Waals surface area contributed by atoms with Crippen LogP contribution in [0.2, 0.25) is 0 Å². The third kappa shape index (κ3) is 3.38. The van der Waals surface area contributed by atoms with Gasteiger partial charge in [-0.05, 0) is 59.0 Å². The van der Waals surface area contributed by atoms with E-state index in [1.165, 1.54) is 32.4 Å². The Hall–Kier alpha value is -0.940. The van der Waals surface area contributed by atoms with Gasteiger partial charge in [-0.2, -0.15) is 0 Å². The molecule has 112 valence electrons. The first-order valence-corrected chi connectivity index (χ1v) is 7.89. The average molecular weight is 277 g/mol. The quantitative estimate of drug-likeness (QED) is 0.888. The van der Waals surface area contributed by atoms with E-state index in [-0.39, 0.29) is 5.54 Å². The molecule has 1 aliphatic heterocycles. The number of likely N-dealkylation sites (tertiary alicyclic amines) is 1. The van der Waals surface area contributed by atoms with E-state index in [0.717, 1.165) is 30.7 Å². The van der Waals surface area contributed by atoms with Crippen molar-refractivity contribution >= 4 is 0 Å². The molecule has 20 heavy (non-hydrogen) atoms. The van der Waals surface area contributed by atoms with E-state index in [9.17, 15) is 0 Å². The van der Waals surface area contributed by atoms with Gasteiger partial charge in [0, 0.05) is 19.1 Å². The Morgan fingerprint density at radius 1 is 1.30 bits per heavy atom. The van der Waals surface area contributed by atoms with Crippen LogP contribution in [-0.4, -0.2) is 45.6 Å². The van der Waals surface area contributed by atoms with Crippen molar-refractivity contribution in [1.82, 2.24) is 25.2 Å². The molecule has 0 radical (unpaired) electrons. The maximum absolute atomic E-state index is 4.24. The van der Waals surface area contributed by atoms with Gasteiger partial charge in [0.05, 0.1) is 17.4 Å². The van der Waals surface area contributed by atoms with Gasteiger partial charge < -0.3 is 10.2 Å². The normalized spacial score (nSPS) is 24.4. The zero-order valence-electron chi connectivity index (χ0n) is 13.0. The van der Waals surface area contributed by atoms with Crippen LogP contribution in [0, 0.1) is 5.92 Å². The molecule has 1 aromatic heterocycles. The summed E-state index contributed by atoms with van der Waals surface area (Å²) in [6.45, 7) is 10.9. The molecule has 2 aliphatic rings. The number of rotatable bonds is 5. The summed E-state index contributed by atoms with van der Waals surface area (Å²) in [4.78, 5) is 2.67. The summed E-state index contributed by atoms with van der Waals surface area (Å²) in [6.07, 6.45) is 6.25. The summed E-state index contributed by atoms with van der Waals surface area (Å²) in [5.74, 6) is 0.813. The zero-order valence-corrected chi connectivity index (χ0v) is 13.0. The van der Waals surface area contributed by atoms with Crippen LogP contribution < -0.4 is 5.32 Å². The summed E-state index contributed by atoms with van der Waals surface area (Å²) < 4.78 is 1.94. The zero-order chi connectivity index (χ0) is 14.2. The molecular formula is C15H27N5. The molecule has 0 aromatic carbocycles. The largest absolute Gasteiger partial charge is 0.311 e. The van der Waals surface area contributed by atoms with Crippen LogP contribution in [0.4, 0.5) is 0 Å². The molecule has 1 aromatic rings. The molecule has 1 saturated heterocycles. The Morgan fingerprint density at radius 2 is 2.10 bits per heavy atom. The van der Waals surface area contributed by atoms with E-state index in [1.54, 1.807) is 0 Å². The molecule has 0 spiro atoms. The van der Waals surface area contributed by atoms with Crippen molar-refractivity contribution in [2.75, 3.05) is 19.6 Å². The highest BCUT2D eigenvalue weighted by Gasteiger charge is 2.34. The second-order valence-corrected chi connectivity index (χ2v) is 7.34. The molecule has 1 aliphatic carbocycles. The molecule has 2 heterocycles. The fourth-order valence-corrected chi connectivity index (χ4v) is 2.91. The number of nitrogens with zero attached hydrogens (tertiary/aromatic N) is 4. The molecule has 2 fully saturated rings. The lowest BCUT2D eigenvalue weighted by Crippen LogP contribution is -2.27. The minimum atomic E-state index is 0.0153. The highest BCUT2D eigenvalue weighted by atomic mass is 15.4. The summed E-state index contributed by atoms with van der Waals surface area (Å²) >= 11 is 0. The molecule has 5 heteroatoms. The summed E-state index contributed by atoms with van der Waals surface area (Å²) in [6, 6.07) is 0.923. The van der Waals surface area contributed by atoms with Crippen LogP contribution in [0.3, 0.4) is 0 Å². The van der Waals surface area contributed by atoms with Crippen LogP contribution in [0.15, 0.2) is 6.20 Å². The lowest BCUT2D eigenvalue weighted by atomic mass is 10.1. The maximum Gasteiger partial charge on any atom is 0.0965 e. The number of hydrogen-bond acceptors (Lipinski definition) is 4. The molecule has 0 bridgehead atoms. The molecular weight excluding hydrogens is 250 g/mol. The minimum Gasteiger partial charge on any atom is -0.311 e. The van der Waals surface area contributed by atoms with Crippen LogP contribution >= 0.6 is 0 Å². The summed E-state index contributed by atoms with van der Waals surface area (Å²) in [5.41, 5.74) is 1.05. The first-order valence-electron chi connectivity index (χ1n) is 7.89. The van der Waals surface area contributed by atoms with Gasteiger partial charge in [0.1, 0.15) is 0 Å². The van der Waals surface area contributed by atoms with E-state index < -0.39 is 0 Å². The Morgan fingerprint density at radius 3 is 2.75 bits per heavy atom. The van der Waals surface area contributed by atoms with E-state index in [4.69, 9.17) is 0 Å². The average Bonchev–Trinajstić information content (AvgIpc) is 2.93. The molecule has 1 N–H and O–H groups in total. The maximum atomic E-state index is 4.24. The van der Waals surface area contributed by atoms with Crippen molar-refractivity contribution in [3.8, 4) is 0 Å². The van der Waals surface area contributed by atoms with Crippen molar-refractivity contribution in [2.24, 2.45) is 5.92 Å². The highest BCUT2D eigenvalue weighted by molar-refractivity contribution is 4.95. The van der Waals surface area contributed by atoms with Gasteiger partial charge in [0.25, 0.3) is 0 Å². The Kier molecular flexibility index (Phi) is 3.82. The Bertz CT molecular complexity index is 443. The molecule has 1 unspecified atom stereocenters. The lowest BCUT2D eigenvalue weighted by Gasteiger charge is -2.17. The Balaban J connectivity index is 1.40. The smallest absolute Gasteiger partial charge is 0.0965 e. The van der Waals surface area contributed by atoms with Crippen LogP contribution in [0.5, 0.6) is 0 Å². The van der Waals surface area contributed by atoms with Gasteiger partial charge in [-0.15, -0.1) is 5.10 Å². The second kappa shape index (κ2) is 5.45. The standard InChI is InChI=1S/C15H27N5/c1-15(2,3)20-11-13(17-18-20)9-16-8-12-6-7-19(10-12)14-4-5-14/h11-12,14,16H,4-10H2,1-3H3. The molecule has 3 rings (SSSR count). The number of aromatic nitrogens is 3. The number of hydrogen-bond donors (Lipinski definition) is 1. The first-order chi connectivity index (χ1) is 9.52. The summed E-state index contributed by atoms with van der Waals surface area (Å²) in [5, 5.41) is 12.0. The lowest BCUT2D eigenvalue weighted by molar-refractivity contribution is 0.311. The topological polar surface area (TPSA) is 46.0 Å². The Labute approximate surface area is 121 Å². The SMILES string of the molecule is CC(C)(C)n1cc(CNCC2CCN(C3CC3)C2)nn1. The van der Waals surface area contributed by atoms with Crippen molar-refractivity contribution in [1.29, 1.82) is 0 Å². The third-order valence-corrected chi connectivity index (χ3v) is 4.35. The van der Waals surface area contributed by atoms with Crippen LogP contribution in [0.1, 0.15) is 45.7 Å². The van der Waals surface area contributed by atoms with Crippen molar-refractivity contribution in [3.63, 3.8) is 0 Å². The predicted molar refractivity (Wildman–Crippen MR) is 79.4 cm³/mol. The van der Waals surface area contributed by atoms with E-state index in [1.807, 2.05) is 4.68 Å². The van der Waals surface area contributed by atoms with Gasteiger partial charge in [-0.25, -0.2) is 4.68 Å². The van der Waals surface area contributed by atoms with E-state index >= 15 is 0 Å². The fourth-order valence-electron chi connectivity index (χ4n) is 2.91. The van der Waals surface area contributed by atoms with Crippen molar-refractivity contribution in [2.45, 2.75) is 58.2 Å². The second-order valence-electron chi connectivity index (χ2n) is 7.34. The fraction of sp³-hybridized carbons (Fsp3) is 0.867. The van der Waals surface area contributed by atoms with E-state index in [2.05, 4.69) is 47.5 Å². The molecule has 5 nitrogen and oxygen atoms in total. The third-order valence-electron chi connectivity index (χ3n) is 4.35. The summed E-state index contributed by atoms with van der Waals surface area (Å²) in [7, 11) is 0. The van der Waals surface area contributed by atoms with Crippen LogP contribution in [-0.2, 0) is 12.1 Å².